The van der Waals surface area contributed by atoms with E-state index in [4.69, 9.17) is 0 Å². The van der Waals surface area contributed by atoms with Gasteiger partial charge < -0.3 is 5.11 Å². The van der Waals surface area contributed by atoms with Crippen molar-refractivity contribution in [2.24, 2.45) is 0 Å². The lowest BCUT2D eigenvalue weighted by Gasteiger charge is -2.13. The number of aliphatic hydroxyl groups is 1. The van der Waals surface area contributed by atoms with Crippen LogP contribution < -0.4 is 0 Å². The quantitative estimate of drug-likeness (QED) is 0.897. The van der Waals surface area contributed by atoms with Crippen LogP contribution in [-0.2, 0) is 6.42 Å². The molecule has 1 aliphatic carbocycles. The largest absolute Gasteiger partial charge is 0.390 e. The number of hydrogen-bond donors (Lipinski definition) is 1. The van der Waals surface area contributed by atoms with E-state index in [1.54, 1.807) is 0 Å². The summed E-state index contributed by atoms with van der Waals surface area (Å²) in [4.78, 5) is 0. The smallest absolute Gasteiger partial charge is 0.140 e. The van der Waals surface area contributed by atoms with Gasteiger partial charge in [-0.05, 0) is 51.9 Å². The van der Waals surface area contributed by atoms with Crippen LogP contribution in [0.15, 0.2) is 16.6 Å². The predicted octanol–water partition coefficient (Wildman–Crippen LogP) is 3.78. The zero-order chi connectivity index (χ0) is 11.9. The van der Waals surface area contributed by atoms with Crippen molar-refractivity contribution in [3.63, 3.8) is 0 Å². The summed E-state index contributed by atoms with van der Waals surface area (Å²) in [5.74, 6) is 0.134. The van der Waals surface area contributed by atoms with Gasteiger partial charge in [0.1, 0.15) is 5.82 Å². The molecule has 16 heavy (non-hydrogen) atoms. The predicted molar refractivity (Wildman–Crippen MR) is 66.1 cm³/mol. The van der Waals surface area contributed by atoms with Crippen LogP contribution in [0.1, 0.15) is 43.7 Å². The summed E-state index contributed by atoms with van der Waals surface area (Å²) < 4.78 is 14.3. The van der Waals surface area contributed by atoms with Gasteiger partial charge in [0.15, 0.2) is 0 Å². The fourth-order valence-electron chi connectivity index (χ4n) is 1.81. The molecule has 0 atom stereocenters. The van der Waals surface area contributed by atoms with Crippen LogP contribution in [0.25, 0.3) is 0 Å². The van der Waals surface area contributed by atoms with E-state index in [0.29, 0.717) is 22.4 Å². The normalized spacial score (nSPS) is 17.9. The highest BCUT2D eigenvalue weighted by molar-refractivity contribution is 9.10. The molecule has 88 valence electrons. The fourth-order valence-corrected chi connectivity index (χ4v) is 2.33. The Morgan fingerprint density at radius 2 is 2.06 bits per heavy atom. The van der Waals surface area contributed by atoms with Crippen molar-refractivity contribution in [3.8, 4) is 0 Å². The molecule has 0 saturated heterocycles. The third kappa shape index (κ3) is 2.46. The van der Waals surface area contributed by atoms with Gasteiger partial charge in [0.25, 0.3) is 0 Å². The lowest BCUT2D eigenvalue weighted by atomic mass is 9.97. The second-order valence-corrected chi connectivity index (χ2v) is 5.89. The van der Waals surface area contributed by atoms with Crippen LogP contribution in [0, 0.1) is 5.82 Å². The van der Waals surface area contributed by atoms with E-state index in [2.05, 4.69) is 29.8 Å². The Labute approximate surface area is 104 Å². The van der Waals surface area contributed by atoms with Gasteiger partial charge in [-0.2, -0.15) is 0 Å². The topological polar surface area (TPSA) is 20.2 Å². The molecule has 1 aromatic carbocycles. The van der Waals surface area contributed by atoms with Gasteiger partial charge in [0, 0.05) is 6.42 Å². The molecule has 1 saturated carbocycles. The maximum atomic E-state index is 13.8. The molecule has 1 aromatic rings. The molecule has 0 heterocycles. The third-order valence-corrected chi connectivity index (χ3v) is 3.72. The molecule has 1 fully saturated rings. The van der Waals surface area contributed by atoms with Crippen LogP contribution in [0.2, 0.25) is 0 Å². The summed E-state index contributed by atoms with van der Waals surface area (Å²) in [6, 6.07) is 3.70. The van der Waals surface area contributed by atoms with Gasteiger partial charge in [0.2, 0.25) is 0 Å². The summed E-state index contributed by atoms with van der Waals surface area (Å²) in [6.07, 6.45) is 2.00. The first-order valence-corrected chi connectivity index (χ1v) is 6.41. The van der Waals surface area contributed by atoms with Gasteiger partial charge in [-0.1, -0.05) is 19.9 Å². The highest BCUT2D eigenvalue weighted by Gasteiger charge is 2.41. The van der Waals surface area contributed by atoms with Gasteiger partial charge in [-0.25, -0.2) is 4.39 Å². The maximum Gasteiger partial charge on any atom is 0.140 e. The third-order valence-electron chi connectivity index (χ3n) is 3.14. The number of rotatable bonds is 3. The van der Waals surface area contributed by atoms with Crippen molar-refractivity contribution >= 4 is 15.9 Å². The van der Waals surface area contributed by atoms with Gasteiger partial charge in [-0.15, -0.1) is 0 Å². The van der Waals surface area contributed by atoms with E-state index in [9.17, 15) is 9.50 Å². The summed E-state index contributed by atoms with van der Waals surface area (Å²) in [7, 11) is 0. The Kier molecular flexibility index (Phi) is 3.10. The molecule has 0 radical (unpaired) electrons. The minimum atomic E-state index is -0.643. The number of hydrogen-bond acceptors (Lipinski definition) is 1. The Morgan fingerprint density at radius 3 is 2.56 bits per heavy atom. The average Bonchev–Trinajstić information content (AvgIpc) is 2.91. The molecule has 0 aliphatic heterocycles. The molecule has 1 N–H and O–H groups in total. The standard InChI is InChI=1S/C13H16BrFO/c1-8(2)9-5-10(7-13(16)3-4-13)12(15)11(14)6-9/h5-6,8,16H,3-4,7H2,1-2H3. The zero-order valence-corrected chi connectivity index (χ0v) is 11.1. The number of benzene rings is 1. The van der Waals surface area contributed by atoms with E-state index >= 15 is 0 Å². The summed E-state index contributed by atoms with van der Waals surface area (Å²) in [5.41, 5.74) is 1.08. The second-order valence-electron chi connectivity index (χ2n) is 5.03. The van der Waals surface area contributed by atoms with Crippen LogP contribution in [0.4, 0.5) is 4.39 Å². The number of halogens is 2. The Morgan fingerprint density at radius 1 is 1.44 bits per heavy atom. The van der Waals surface area contributed by atoms with E-state index < -0.39 is 5.60 Å². The SMILES string of the molecule is CC(C)c1cc(Br)c(F)c(CC2(O)CC2)c1. The maximum absolute atomic E-state index is 13.8. The molecule has 1 aliphatic rings. The van der Waals surface area contributed by atoms with Crippen molar-refractivity contribution in [1.82, 2.24) is 0 Å². The van der Waals surface area contributed by atoms with Gasteiger partial charge in [0.05, 0.1) is 10.1 Å². The molecule has 1 nitrogen and oxygen atoms in total. The lowest BCUT2D eigenvalue weighted by molar-refractivity contribution is 0.149. The fraction of sp³-hybridized carbons (Fsp3) is 0.538. The van der Waals surface area contributed by atoms with Gasteiger partial charge >= 0.3 is 0 Å². The molecular weight excluding hydrogens is 271 g/mol. The van der Waals surface area contributed by atoms with E-state index in [-0.39, 0.29) is 5.82 Å². The van der Waals surface area contributed by atoms with E-state index in [1.807, 2.05) is 12.1 Å². The molecule has 3 heteroatoms. The minimum Gasteiger partial charge on any atom is -0.390 e. The molecule has 0 unspecified atom stereocenters. The van der Waals surface area contributed by atoms with Crippen molar-refractivity contribution < 1.29 is 9.50 Å². The highest BCUT2D eigenvalue weighted by atomic mass is 79.9. The Hall–Kier alpha value is -0.410. The van der Waals surface area contributed by atoms with Gasteiger partial charge in [-0.3, -0.25) is 0 Å². The van der Waals surface area contributed by atoms with Crippen molar-refractivity contribution in [2.45, 2.75) is 44.6 Å². The molecule has 0 aromatic heterocycles. The van der Waals surface area contributed by atoms with Crippen LogP contribution in [0.5, 0.6) is 0 Å². The molecular formula is C13H16BrFO. The summed E-state index contributed by atoms with van der Waals surface area (Å²) in [6.45, 7) is 4.16. The van der Waals surface area contributed by atoms with Crippen LogP contribution in [0.3, 0.4) is 0 Å². The first-order chi connectivity index (χ1) is 7.41. The first kappa shape index (κ1) is 12.1. The highest BCUT2D eigenvalue weighted by Crippen LogP contribution is 2.40. The lowest BCUT2D eigenvalue weighted by Crippen LogP contribution is -2.12. The Bertz CT molecular complexity index is 411. The van der Waals surface area contributed by atoms with E-state index in [0.717, 1.165) is 18.4 Å². The monoisotopic (exact) mass is 286 g/mol. The average molecular weight is 287 g/mol. The zero-order valence-electron chi connectivity index (χ0n) is 9.56. The summed E-state index contributed by atoms with van der Waals surface area (Å²) >= 11 is 3.24. The van der Waals surface area contributed by atoms with Crippen molar-refractivity contribution in [1.29, 1.82) is 0 Å². The molecule has 0 amide bonds. The minimum absolute atomic E-state index is 0.232. The molecule has 0 bridgehead atoms. The second kappa shape index (κ2) is 4.11. The summed E-state index contributed by atoms with van der Waals surface area (Å²) in [5, 5.41) is 9.85. The molecule has 0 spiro atoms. The van der Waals surface area contributed by atoms with Crippen LogP contribution in [-0.4, -0.2) is 10.7 Å². The van der Waals surface area contributed by atoms with E-state index in [1.165, 1.54) is 0 Å². The van der Waals surface area contributed by atoms with Crippen LogP contribution >= 0.6 is 15.9 Å². The van der Waals surface area contributed by atoms with Crippen molar-refractivity contribution in [2.75, 3.05) is 0 Å². The Balaban J connectivity index is 2.34. The first-order valence-electron chi connectivity index (χ1n) is 5.61. The molecule has 2 rings (SSSR count). The van der Waals surface area contributed by atoms with Crippen molar-refractivity contribution in [3.05, 3.63) is 33.5 Å².